The van der Waals surface area contributed by atoms with Gasteiger partial charge in [-0.25, -0.2) is 9.97 Å². The Morgan fingerprint density at radius 2 is 2.04 bits per heavy atom. The van der Waals surface area contributed by atoms with E-state index in [0.29, 0.717) is 13.2 Å². The van der Waals surface area contributed by atoms with Crippen molar-refractivity contribution >= 4 is 33.3 Å². The summed E-state index contributed by atoms with van der Waals surface area (Å²) >= 11 is 3.53. The zero-order chi connectivity index (χ0) is 16.8. The standard InChI is InChI=1S/C19H18N2O2S2/c1-11-2-4-13-16(8-11)25-19-17(13)18(20-10-21-19)24-12-3-5-14-15(9-12)23-7-6-22-14/h3,5,9-11H,2,4,6-8H2,1H3. The number of hydrogen-bond donors (Lipinski definition) is 0. The highest BCUT2D eigenvalue weighted by Crippen LogP contribution is 2.43. The van der Waals surface area contributed by atoms with E-state index in [4.69, 9.17) is 9.47 Å². The summed E-state index contributed by atoms with van der Waals surface area (Å²) in [6.45, 7) is 3.56. The molecular weight excluding hydrogens is 352 g/mol. The van der Waals surface area contributed by atoms with E-state index in [1.54, 1.807) is 18.1 Å². The maximum absolute atomic E-state index is 5.71. The predicted molar refractivity (Wildman–Crippen MR) is 100 cm³/mol. The summed E-state index contributed by atoms with van der Waals surface area (Å²) in [7, 11) is 0. The van der Waals surface area contributed by atoms with Crippen LogP contribution in [0, 0.1) is 5.92 Å². The van der Waals surface area contributed by atoms with Crippen molar-refractivity contribution in [2.24, 2.45) is 5.92 Å². The fourth-order valence-electron chi connectivity index (χ4n) is 3.52. The maximum Gasteiger partial charge on any atom is 0.162 e. The summed E-state index contributed by atoms with van der Waals surface area (Å²) in [5.41, 5.74) is 1.47. The Hall–Kier alpha value is -1.79. The van der Waals surface area contributed by atoms with Crippen LogP contribution in [0.5, 0.6) is 11.5 Å². The summed E-state index contributed by atoms with van der Waals surface area (Å²) in [5.74, 6) is 2.41. The molecule has 2 aromatic heterocycles. The van der Waals surface area contributed by atoms with Crippen molar-refractivity contribution < 1.29 is 9.47 Å². The Kier molecular flexibility index (Phi) is 3.82. The van der Waals surface area contributed by atoms with Gasteiger partial charge in [-0.2, -0.15) is 0 Å². The van der Waals surface area contributed by atoms with E-state index in [2.05, 4.69) is 23.0 Å². The first-order valence-electron chi connectivity index (χ1n) is 8.60. The van der Waals surface area contributed by atoms with Gasteiger partial charge in [0.25, 0.3) is 0 Å². The van der Waals surface area contributed by atoms with Crippen LogP contribution < -0.4 is 9.47 Å². The average Bonchev–Trinajstić information content (AvgIpc) is 3.00. The minimum Gasteiger partial charge on any atom is -0.486 e. The molecule has 1 aliphatic heterocycles. The van der Waals surface area contributed by atoms with E-state index < -0.39 is 0 Å². The smallest absolute Gasteiger partial charge is 0.162 e. The molecule has 0 bridgehead atoms. The molecule has 1 aliphatic carbocycles. The van der Waals surface area contributed by atoms with Gasteiger partial charge in [0.2, 0.25) is 0 Å². The number of aromatic nitrogens is 2. The van der Waals surface area contributed by atoms with Crippen molar-refractivity contribution in [1.29, 1.82) is 0 Å². The summed E-state index contributed by atoms with van der Waals surface area (Å²) in [6.07, 6.45) is 5.25. The van der Waals surface area contributed by atoms with Gasteiger partial charge in [0, 0.05) is 15.2 Å². The van der Waals surface area contributed by atoms with Gasteiger partial charge < -0.3 is 9.47 Å². The number of rotatable bonds is 2. The average molecular weight is 370 g/mol. The van der Waals surface area contributed by atoms with Gasteiger partial charge in [-0.15, -0.1) is 11.3 Å². The van der Waals surface area contributed by atoms with Crippen LogP contribution in [0.2, 0.25) is 0 Å². The summed E-state index contributed by atoms with van der Waals surface area (Å²) in [4.78, 5) is 12.9. The lowest BCUT2D eigenvalue weighted by Crippen LogP contribution is -2.15. The molecule has 0 saturated carbocycles. The number of hydrogen-bond acceptors (Lipinski definition) is 6. The van der Waals surface area contributed by atoms with Crippen molar-refractivity contribution in [3.63, 3.8) is 0 Å². The van der Waals surface area contributed by atoms with Gasteiger partial charge in [0.1, 0.15) is 29.4 Å². The third kappa shape index (κ3) is 2.77. The van der Waals surface area contributed by atoms with Gasteiger partial charge in [-0.3, -0.25) is 0 Å². The molecule has 1 atom stereocenters. The third-order valence-electron chi connectivity index (χ3n) is 4.79. The molecule has 4 nitrogen and oxygen atoms in total. The molecule has 0 spiro atoms. The second-order valence-corrected chi connectivity index (χ2v) is 8.76. The molecule has 3 aromatic rings. The second-order valence-electron chi connectivity index (χ2n) is 6.62. The highest BCUT2D eigenvalue weighted by Gasteiger charge is 2.23. The molecule has 0 saturated heterocycles. The van der Waals surface area contributed by atoms with Crippen molar-refractivity contribution in [1.82, 2.24) is 9.97 Å². The Labute approximate surface area is 154 Å². The molecule has 0 radical (unpaired) electrons. The number of nitrogens with zero attached hydrogens (tertiary/aromatic N) is 2. The molecule has 1 aromatic carbocycles. The van der Waals surface area contributed by atoms with Crippen LogP contribution in [0.4, 0.5) is 0 Å². The molecule has 2 aliphatic rings. The molecule has 128 valence electrons. The number of thiophene rings is 1. The van der Waals surface area contributed by atoms with Crippen molar-refractivity contribution in [3.05, 3.63) is 35.0 Å². The Bertz CT molecular complexity index is 954. The van der Waals surface area contributed by atoms with Crippen LogP contribution in [-0.4, -0.2) is 23.2 Å². The van der Waals surface area contributed by atoms with Gasteiger partial charge in [0.15, 0.2) is 11.5 Å². The second kappa shape index (κ2) is 6.18. The van der Waals surface area contributed by atoms with Crippen molar-refractivity contribution in [3.8, 4) is 11.5 Å². The zero-order valence-corrected chi connectivity index (χ0v) is 15.6. The van der Waals surface area contributed by atoms with Gasteiger partial charge in [-0.05, 0) is 48.9 Å². The van der Waals surface area contributed by atoms with Crippen molar-refractivity contribution in [2.45, 2.75) is 36.1 Å². The Balaban J connectivity index is 1.55. The van der Waals surface area contributed by atoms with Crippen molar-refractivity contribution in [2.75, 3.05) is 13.2 Å². The Morgan fingerprint density at radius 1 is 1.16 bits per heavy atom. The Morgan fingerprint density at radius 3 is 2.96 bits per heavy atom. The van der Waals surface area contributed by atoms with E-state index in [1.807, 2.05) is 23.5 Å². The minimum atomic E-state index is 0.606. The van der Waals surface area contributed by atoms with Crippen LogP contribution in [0.15, 0.2) is 34.4 Å². The number of ether oxygens (including phenoxy) is 2. The fourth-order valence-corrected chi connectivity index (χ4v) is 5.88. The SMILES string of the molecule is CC1CCc2c(sc3ncnc(Sc4ccc5c(c4)OCCO5)c23)C1. The normalized spacial score (nSPS) is 19.0. The molecule has 0 amide bonds. The lowest BCUT2D eigenvalue weighted by molar-refractivity contribution is 0.171. The first-order valence-corrected chi connectivity index (χ1v) is 10.2. The van der Waals surface area contributed by atoms with Crippen LogP contribution in [-0.2, 0) is 12.8 Å². The number of fused-ring (bicyclic) bond motifs is 4. The van der Waals surface area contributed by atoms with Gasteiger partial charge >= 0.3 is 0 Å². The third-order valence-corrected chi connectivity index (χ3v) is 6.94. The monoisotopic (exact) mass is 370 g/mol. The largest absolute Gasteiger partial charge is 0.486 e. The minimum absolute atomic E-state index is 0.606. The fraction of sp³-hybridized carbons (Fsp3) is 0.368. The highest BCUT2D eigenvalue weighted by molar-refractivity contribution is 7.99. The van der Waals surface area contributed by atoms with E-state index in [9.17, 15) is 0 Å². The molecule has 3 heterocycles. The molecule has 1 unspecified atom stereocenters. The molecule has 5 rings (SSSR count). The van der Waals surface area contributed by atoms with Crippen LogP contribution >= 0.6 is 23.1 Å². The number of aryl methyl sites for hydroxylation is 1. The maximum atomic E-state index is 5.71. The topological polar surface area (TPSA) is 44.2 Å². The first kappa shape index (κ1) is 15.5. The molecule has 0 fully saturated rings. The van der Waals surface area contributed by atoms with Gasteiger partial charge in [0.05, 0.1) is 0 Å². The van der Waals surface area contributed by atoms with E-state index >= 15 is 0 Å². The summed E-state index contributed by atoms with van der Waals surface area (Å²) in [6, 6.07) is 6.11. The van der Waals surface area contributed by atoms with E-state index in [0.717, 1.165) is 38.6 Å². The van der Waals surface area contributed by atoms with E-state index in [-0.39, 0.29) is 0 Å². The molecular formula is C19H18N2O2S2. The predicted octanol–water partition coefficient (Wildman–Crippen LogP) is 4.74. The molecule has 6 heteroatoms. The summed E-state index contributed by atoms with van der Waals surface area (Å²) < 4.78 is 11.3. The van der Waals surface area contributed by atoms with Crippen LogP contribution in [0.1, 0.15) is 23.8 Å². The zero-order valence-electron chi connectivity index (χ0n) is 13.9. The lowest BCUT2D eigenvalue weighted by Gasteiger charge is -2.19. The quantitative estimate of drug-likeness (QED) is 0.610. The first-order chi connectivity index (χ1) is 12.3. The van der Waals surface area contributed by atoms with Crippen LogP contribution in [0.25, 0.3) is 10.2 Å². The van der Waals surface area contributed by atoms with Crippen LogP contribution in [0.3, 0.4) is 0 Å². The molecule has 25 heavy (non-hydrogen) atoms. The lowest BCUT2D eigenvalue weighted by atomic mass is 9.89. The van der Waals surface area contributed by atoms with E-state index in [1.165, 1.54) is 28.7 Å². The summed E-state index contributed by atoms with van der Waals surface area (Å²) in [5, 5.41) is 2.31. The molecule has 0 N–H and O–H groups in total. The highest BCUT2D eigenvalue weighted by atomic mass is 32.2. The number of benzene rings is 1. The van der Waals surface area contributed by atoms with Gasteiger partial charge in [-0.1, -0.05) is 18.7 Å².